The molecule has 1 aliphatic rings. The van der Waals surface area contributed by atoms with Gasteiger partial charge >= 0.3 is 0 Å². The maximum atomic E-state index is 14.3. The van der Waals surface area contributed by atoms with Crippen molar-refractivity contribution >= 4 is 5.91 Å². The highest BCUT2D eigenvalue weighted by Gasteiger charge is 2.32. The molecule has 0 saturated carbocycles. The highest BCUT2D eigenvalue weighted by atomic mass is 19.1. The van der Waals surface area contributed by atoms with E-state index in [-0.39, 0.29) is 34.3 Å². The normalized spacial score (nSPS) is 17.8. The van der Waals surface area contributed by atoms with Crippen molar-refractivity contribution in [2.24, 2.45) is 5.92 Å². The quantitative estimate of drug-likeness (QED) is 0.633. The summed E-state index contributed by atoms with van der Waals surface area (Å²) in [7, 11) is 0. The molecular weight excluding hydrogens is 416 g/mol. The summed E-state index contributed by atoms with van der Waals surface area (Å²) < 4.78 is 28.6. The standard InChI is InChI=1S/C23H23F2N5O2/c1-12(2)14-7-6-13(11-26-23(32)18-8-9-20(31)29-27-18)22-15(14)10-19(28-30-22)21-16(24)4-3-5-17(21)25/h3-5,8-10,12-14H,6-7,11H2,1-2H3,(H,26,32)(H,29,31). The Hall–Kier alpha value is -3.49. The molecule has 2 atom stereocenters. The predicted octanol–water partition coefficient (Wildman–Crippen LogP) is 3.55. The highest BCUT2D eigenvalue weighted by molar-refractivity contribution is 5.92. The molecule has 166 valence electrons. The van der Waals surface area contributed by atoms with Gasteiger partial charge in [-0.2, -0.15) is 15.3 Å². The third kappa shape index (κ3) is 4.28. The Bertz CT molecular complexity index is 1170. The summed E-state index contributed by atoms with van der Waals surface area (Å²) in [5.74, 6) is -1.41. The van der Waals surface area contributed by atoms with Gasteiger partial charge in [-0.25, -0.2) is 13.9 Å². The fourth-order valence-corrected chi connectivity index (χ4v) is 4.24. The van der Waals surface area contributed by atoms with E-state index in [2.05, 4.69) is 39.6 Å². The van der Waals surface area contributed by atoms with Gasteiger partial charge in [0.15, 0.2) is 0 Å². The number of nitrogens with zero attached hydrogens (tertiary/aromatic N) is 3. The first-order valence-corrected chi connectivity index (χ1v) is 10.5. The summed E-state index contributed by atoms with van der Waals surface area (Å²) in [6.07, 6.45) is 1.64. The van der Waals surface area contributed by atoms with E-state index in [1.165, 1.54) is 30.3 Å². The molecule has 4 rings (SSSR count). The Balaban J connectivity index is 1.62. The van der Waals surface area contributed by atoms with Crippen molar-refractivity contribution in [3.05, 3.63) is 75.3 Å². The Morgan fingerprint density at radius 1 is 1.16 bits per heavy atom. The van der Waals surface area contributed by atoms with Gasteiger partial charge in [0.05, 0.1) is 17.0 Å². The smallest absolute Gasteiger partial charge is 0.271 e. The Labute approximate surface area is 183 Å². The summed E-state index contributed by atoms with van der Waals surface area (Å²) in [6, 6.07) is 8.02. The lowest BCUT2D eigenvalue weighted by Gasteiger charge is -2.32. The minimum Gasteiger partial charge on any atom is -0.350 e. The van der Waals surface area contributed by atoms with Gasteiger partial charge in [-0.05, 0) is 54.5 Å². The Morgan fingerprint density at radius 2 is 1.91 bits per heavy atom. The minimum atomic E-state index is -0.687. The van der Waals surface area contributed by atoms with Crippen LogP contribution in [0.4, 0.5) is 8.78 Å². The van der Waals surface area contributed by atoms with E-state index >= 15 is 0 Å². The van der Waals surface area contributed by atoms with Crippen molar-refractivity contribution < 1.29 is 13.6 Å². The molecule has 2 heterocycles. The second kappa shape index (κ2) is 8.94. The maximum absolute atomic E-state index is 14.3. The monoisotopic (exact) mass is 439 g/mol. The molecule has 0 radical (unpaired) electrons. The van der Waals surface area contributed by atoms with Gasteiger partial charge in [0.2, 0.25) is 0 Å². The highest BCUT2D eigenvalue weighted by Crippen LogP contribution is 2.42. The first-order chi connectivity index (χ1) is 15.3. The summed E-state index contributed by atoms with van der Waals surface area (Å²) >= 11 is 0. The van der Waals surface area contributed by atoms with E-state index in [0.29, 0.717) is 12.5 Å². The average Bonchev–Trinajstić information content (AvgIpc) is 2.77. The predicted molar refractivity (Wildman–Crippen MR) is 114 cm³/mol. The number of nitrogens with one attached hydrogen (secondary N) is 2. The van der Waals surface area contributed by atoms with Crippen molar-refractivity contribution in [3.8, 4) is 11.3 Å². The molecule has 0 aliphatic heterocycles. The Morgan fingerprint density at radius 3 is 2.56 bits per heavy atom. The molecule has 7 nitrogen and oxygen atoms in total. The van der Waals surface area contributed by atoms with Crippen molar-refractivity contribution in [1.82, 2.24) is 25.7 Å². The number of carbonyl (C=O) groups is 1. The second-order valence-electron chi connectivity index (χ2n) is 8.31. The number of aromatic nitrogens is 4. The SMILES string of the molecule is CC(C)C1CCC(CNC(=O)c2ccc(=O)[nH]n2)c2nnc(-c3c(F)cccc3F)cc21. The van der Waals surface area contributed by atoms with Gasteiger partial charge < -0.3 is 5.32 Å². The zero-order valence-corrected chi connectivity index (χ0v) is 17.7. The first-order valence-electron chi connectivity index (χ1n) is 10.5. The van der Waals surface area contributed by atoms with Gasteiger partial charge in [0, 0.05) is 18.5 Å². The lowest BCUT2D eigenvalue weighted by Crippen LogP contribution is -2.33. The molecule has 1 aliphatic carbocycles. The van der Waals surface area contributed by atoms with Crippen LogP contribution >= 0.6 is 0 Å². The lowest BCUT2D eigenvalue weighted by atomic mass is 9.74. The molecule has 1 amide bonds. The van der Waals surface area contributed by atoms with E-state index < -0.39 is 17.5 Å². The number of fused-ring (bicyclic) bond motifs is 1. The number of carbonyl (C=O) groups excluding carboxylic acids is 1. The average molecular weight is 439 g/mol. The number of aromatic amines is 1. The van der Waals surface area contributed by atoms with Gasteiger partial charge in [-0.1, -0.05) is 19.9 Å². The molecule has 2 N–H and O–H groups in total. The number of hydrogen-bond acceptors (Lipinski definition) is 5. The lowest BCUT2D eigenvalue weighted by molar-refractivity contribution is 0.0943. The molecule has 32 heavy (non-hydrogen) atoms. The second-order valence-corrected chi connectivity index (χ2v) is 8.31. The molecule has 0 fully saturated rings. The molecule has 0 spiro atoms. The number of hydrogen-bond donors (Lipinski definition) is 2. The van der Waals surface area contributed by atoms with Crippen LogP contribution in [0.25, 0.3) is 11.3 Å². The topological polar surface area (TPSA) is 101 Å². The van der Waals surface area contributed by atoms with Crippen LogP contribution in [0.3, 0.4) is 0 Å². The van der Waals surface area contributed by atoms with E-state index in [1.807, 2.05) is 0 Å². The molecule has 9 heteroatoms. The summed E-state index contributed by atoms with van der Waals surface area (Å²) in [5, 5.41) is 17.3. The molecule has 2 aromatic heterocycles. The zero-order valence-electron chi connectivity index (χ0n) is 17.7. The molecule has 3 aromatic rings. The fourth-order valence-electron chi connectivity index (χ4n) is 4.24. The van der Waals surface area contributed by atoms with Crippen LogP contribution in [0.1, 0.15) is 60.3 Å². The van der Waals surface area contributed by atoms with Crippen LogP contribution in [-0.2, 0) is 0 Å². The maximum Gasteiger partial charge on any atom is 0.271 e. The summed E-state index contributed by atoms with van der Waals surface area (Å²) in [4.78, 5) is 23.5. The van der Waals surface area contributed by atoms with Crippen LogP contribution in [0.15, 0.2) is 41.2 Å². The van der Waals surface area contributed by atoms with E-state index in [1.54, 1.807) is 6.07 Å². The molecular formula is C23H23F2N5O2. The largest absolute Gasteiger partial charge is 0.350 e. The van der Waals surface area contributed by atoms with Gasteiger partial charge in [-0.15, -0.1) is 0 Å². The number of amides is 1. The van der Waals surface area contributed by atoms with Crippen molar-refractivity contribution in [2.45, 2.75) is 38.5 Å². The van der Waals surface area contributed by atoms with Crippen molar-refractivity contribution in [3.63, 3.8) is 0 Å². The van der Waals surface area contributed by atoms with Gasteiger partial charge in [0.25, 0.3) is 11.5 Å². The van der Waals surface area contributed by atoms with Crippen LogP contribution in [0.5, 0.6) is 0 Å². The summed E-state index contributed by atoms with van der Waals surface area (Å²) in [6.45, 7) is 4.50. The third-order valence-electron chi connectivity index (χ3n) is 5.91. The number of benzene rings is 1. The van der Waals surface area contributed by atoms with Crippen LogP contribution < -0.4 is 10.9 Å². The fraction of sp³-hybridized carbons (Fsp3) is 0.348. The van der Waals surface area contributed by atoms with Crippen LogP contribution in [0.2, 0.25) is 0 Å². The van der Waals surface area contributed by atoms with Crippen LogP contribution in [0, 0.1) is 17.6 Å². The molecule has 1 aromatic carbocycles. The van der Waals surface area contributed by atoms with Gasteiger partial charge in [0.1, 0.15) is 17.3 Å². The van der Waals surface area contributed by atoms with E-state index in [9.17, 15) is 18.4 Å². The third-order valence-corrected chi connectivity index (χ3v) is 5.91. The number of rotatable bonds is 5. The first kappa shape index (κ1) is 21.7. The Kier molecular flexibility index (Phi) is 6.07. The molecule has 2 unspecified atom stereocenters. The van der Waals surface area contributed by atoms with Gasteiger partial charge in [-0.3, -0.25) is 9.59 Å². The van der Waals surface area contributed by atoms with Crippen LogP contribution in [-0.4, -0.2) is 32.8 Å². The minimum absolute atomic E-state index is 0.0984. The van der Waals surface area contributed by atoms with E-state index in [4.69, 9.17) is 0 Å². The molecule has 0 saturated heterocycles. The zero-order chi connectivity index (χ0) is 22.8. The number of halogens is 2. The summed E-state index contributed by atoms with van der Waals surface area (Å²) in [5.41, 5.74) is 1.32. The number of H-pyrrole nitrogens is 1. The van der Waals surface area contributed by atoms with E-state index in [0.717, 1.165) is 24.1 Å². The van der Waals surface area contributed by atoms with Crippen molar-refractivity contribution in [2.75, 3.05) is 6.54 Å². The van der Waals surface area contributed by atoms with Crippen molar-refractivity contribution in [1.29, 1.82) is 0 Å². The molecule has 0 bridgehead atoms.